The van der Waals surface area contributed by atoms with Crippen molar-refractivity contribution >= 4 is 76.1 Å². The van der Waals surface area contributed by atoms with Crippen LogP contribution in [0.25, 0.3) is 0 Å². The molecular weight excluding hydrogens is 321 g/mol. The van der Waals surface area contributed by atoms with Gasteiger partial charge in [0.25, 0.3) is 0 Å². The maximum Gasteiger partial charge on any atom is 0.220 e. The van der Waals surface area contributed by atoms with E-state index in [0.29, 0.717) is 0 Å². The van der Waals surface area contributed by atoms with E-state index in [1.807, 2.05) is 0 Å². The fraction of sp³-hybridized carbons (Fsp3) is 1.00. The predicted octanol–water partition coefficient (Wildman–Crippen LogP) is 4.05. The molecule has 13 heavy (non-hydrogen) atoms. The molecule has 0 aromatic heterocycles. The Bertz CT molecular complexity index is 254. The molecule has 4 aliphatic heterocycles. The SMILES string of the molecule is C[Si]12S[Si]3(C)S[Si](C)(S1)[Si](C)(S2)S3. The molecule has 4 bridgehead atoms. The summed E-state index contributed by atoms with van der Waals surface area (Å²) in [6.45, 7) is 10.7. The Balaban J connectivity index is 2.14. The molecule has 0 nitrogen and oxygen atoms in total. The Morgan fingerprint density at radius 1 is 0.538 bits per heavy atom. The zero-order valence-electron chi connectivity index (χ0n) is 8.04. The molecule has 4 rings (SSSR count). The lowest BCUT2D eigenvalue weighted by Crippen LogP contribution is -2.41. The highest BCUT2D eigenvalue weighted by Gasteiger charge is 2.78. The lowest BCUT2D eigenvalue weighted by atomic mass is 11.9. The predicted molar refractivity (Wildman–Crippen MR) is 84.4 cm³/mol. The average molecular weight is 333 g/mol. The minimum absolute atomic E-state index is 0.834. The van der Waals surface area contributed by atoms with Crippen molar-refractivity contribution in [2.45, 2.75) is 26.2 Å². The molecule has 9 heteroatoms. The van der Waals surface area contributed by atoms with Gasteiger partial charge in [-0.3, -0.25) is 0 Å². The van der Waals surface area contributed by atoms with Gasteiger partial charge in [0, 0.05) is 0 Å². The van der Waals surface area contributed by atoms with Gasteiger partial charge in [-0.15, -0.1) is 0 Å². The van der Waals surface area contributed by atoms with E-state index in [1.54, 1.807) is 0 Å². The van der Waals surface area contributed by atoms with E-state index >= 15 is 0 Å². The molecule has 74 valence electrons. The number of hydrogen-bond acceptors (Lipinski definition) is 5. The van der Waals surface area contributed by atoms with Crippen LogP contribution >= 0.6 is 53.3 Å². The van der Waals surface area contributed by atoms with Crippen LogP contribution in [0.5, 0.6) is 0 Å². The van der Waals surface area contributed by atoms with Crippen molar-refractivity contribution in [1.82, 2.24) is 0 Å². The average Bonchev–Trinajstić information content (AvgIpc) is 1.96. The van der Waals surface area contributed by atoms with Crippen molar-refractivity contribution in [3.8, 4) is 0 Å². The van der Waals surface area contributed by atoms with Crippen molar-refractivity contribution in [3.63, 3.8) is 0 Å². The van der Waals surface area contributed by atoms with E-state index in [0.717, 1.165) is 0 Å². The van der Waals surface area contributed by atoms with Crippen molar-refractivity contribution in [1.29, 1.82) is 0 Å². The highest BCUT2D eigenvalue weighted by Crippen LogP contribution is 2.82. The maximum atomic E-state index is 2.70. The van der Waals surface area contributed by atoms with Crippen LogP contribution in [-0.4, -0.2) is 22.8 Å². The molecule has 0 unspecified atom stereocenters. The third-order valence-corrected chi connectivity index (χ3v) is 125. The van der Waals surface area contributed by atoms with Crippen LogP contribution in [0.3, 0.4) is 0 Å². The van der Waals surface area contributed by atoms with Gasteiger partial charge < -0.3 is 0 Å². The Kier molecular flexibility index (Phi) is 2.24. The zero-order chi connectivity index (χ0) is 9.54. The second kappa shape index (κ2) is 2.71. The molecule has 0 atom stereocenters. The normalized spacial score (nSPS) is 69.2. The van der Waals surface area contributed by atoms with Crippen LogP contribution in [0.2, 0.25) is 26.2 Å². The molecule has 0 spiro atoms. The topological polar surface area (TPSA) is 0 Å². The highest BCUT2D eigenvalue weighted by atomic mass is 33.2. The molecule has 4 aliphatic rings. The van der Waals surface area contributed by atoms with Crippen molar-refractivity contribution in [3.05, 3.63) is 0 Å². The zero-order valence-corrected chi connectivity index (χ0v) is 16.1. The summed E-state index contributed by atoms with van der Waals surface area (Å²) in [5.74, 6) is -1.67. The van der Waals surface area contributed by atoms with Crippen LogP contribution in [-0.2, 0) is 0 Å². The monoisotopic (exact) mass is 332 g/mol. The van der Waals surface area contributed by atoms with Crippen molar-refractivity contribution in [2.24, 2.45) is 0 Å². The van der Waals surface area contributed by atoms with Gasteiger partial charge in [0.2, 0.25) is 11.0 Å². The lowest BCUT2D eigenvalue weighted by Gasteiger charge is -2.38. The van der Waals surface area contributed by atoms with Gasteiger partial charge >= 0.3 is 0 Å². The minimum Gasteiger partial charge on any atom is -0.175 e. The molecule has 0 saturated carbocycles. The molecule has 0 N–H and O–H groups in total. The van der Waals surface area contributed by atoms with Gasteiger partial charge in [0.1, 0.15) is 0 Å². The van der Waals surface area contributed by atoms with Gasteiger partial charge in [0.15, 0.2) is 11.8 Å². The smallest absolute Gasteiger partial charge is 0.175 e. The summed E-state index contributed by atoms with van der Waals surface area (Å²) in [5, 5.41) is 0. The summed E-state index contributed by atoms with van der Waals surface area (Å²) >= 11 is 0. The van der Waals surface area contributed by atoms with Crippen molar-refractivity contribution in [2.75, 3.05) is 0 Å². The largest absolute Gasteiger partial charge is 0.220 e. The van der Waals surface area contributed by atoms with Crippen LogP contribution in [0.4, 0.5) is 0 Å². The fourth-order valence-electron chi connectivity index (χ4n) is 2.29. The van der Waals surface area contributed by atoms with Gasteiger partial charge in [-0.2, -0.15) is 53.3 Å². The number of rotatable bonds is 0. The molecule has 0 radical (unpaired) electrons. The molecule has 0 aromatic carbocycles. The first kappa shape index (κ1) is 10.8. The standard InChI is InChI=1S/C4H12S5Si4/c1-10-5-11(2)8-12(3,6-10)13(4,7-10)9-11/h1-4H3. The molecule has 4 heterocycles. The van der Waals surface area contributed by atoms with Crippen LogP contribution in [0.15, 0.2) is 0 Å². The van der Waals surface area contributed by atoms with Crippen LogP contribution in [0.1, 0.15) is 0 Å². The summed E-state index contributed by atoms with van der Waals surface area (Å²) in [6, 6.07) is 0. The molecule has 0 aliphatic carbocycles. The van der Waals surface area contributed by atoms with Gasteiger partial charge in [-0.25, -0.2) is 0 Å². The molecule has 4 saturated heterocycles. The third kappa shape index (κ3) is 1.34. The van der Waals surface area contributed by atoms with Crippen molar-refractivity contribution < 1.29 is 0 Å². The summed E-state index contributed by atoms with van der Waals surface area (Å²) in [6.07, 6.45) is 0. The lowest BCUT2D eigenvalue weighted by molar-refractivity contribution is 2.23. The highest BCUT2D eigenvalue weighted by molar-refractivity contribution is 9.32. The van der Waals surface area contributed by atoms with Gasteiger partial charge in [0.05, 0.1) is 0 Å². The van der Waals surface area contributed by atoms with Gasteiger partial charge in [-0.1, -0.05) is 13.1 Å². The third-order valence-electron chi connectivity index (χ3n) is 2.72. The number of hydrogen-bond donors (Lipinski definition) is 0. The first-order chi connectivity index (χ1) is 5.79. The van der Waals surface area contributed by atoms with E-state index in [1.165, 1.54) is 0 Å². The summed E-state index contributed by atoms with van der Waals surface area (Å²) in [5.41, 5.74) is -1.75. The Hall–Kier alpha value is 2.62. The minimum atomic E-state index is -0.873. The van der Waals surface area contributed by atoms with E-state index < -0.39 is 22.8 Å². The summed E-state index contributed by atoms with van der Waals surface area (Å²) < 4.78 is 0. The Morgan fingerprint density at radius 2 is 0.846 bits per heavy atom. The van der Waals surface area contributed by atoms with E-state index in [2.05, 4.69) is 79.5 Å². The molecular formula is C4H12S5Si4. The second-order valence-corrected chi connectivity index (χ2v) is 65.7. The van der Waals surface area contributed by atoms with Gasteiger partial charge in [-0.05, 0) is 13.1 Å². The summed E-state index contributed by atoms with van der Waals surface area (Å²) in [4.78, 5) is 0. The first-order valence-electron chi connectivity index (χ1n) is 4.29. The quantitative estimate of drug-likeness (QED) is 0.612. The summed E-state index contributed by atoms with van der Waals surface area (Å²) in [7, 11) is 12.7. The Morgan fingerprint density at radius 3 is 1.08 bits per heavy atom. The molecule has 4 fully saturated rings. The first-order valence-corrected chi connectivity index (χ1v) is 26.6. The van der Waals surface area contributed by atoms with E-state index in [4.69, 9.17) is 0 Å². The van der Waals surface area contributed by atoms with Crippen LogP contribution in [0, 0.1) is 0 Å². The molecule has 0 amide bonds. The maximum absolute atomic E-state index is 2.70. The van der Waals surface area contributed by atoms with Crippen LogP contribution < -0.4 is 0 Å². The van der Waals surface area contributed by atoms with E-state index in [9.17, 15) is 0 Å². The fourth-order valence-corrected chi connectivity index (χ4v) is 272. The molecule has 0 aromatic rings. The second-order valence-electron chi connectivity index (χ2n) is 4.13. The van der Waals surface area contributed by atoms with E-state index in [-0.39, 0.29) is 0 Å². The Labute approximate surface area is 101 Å².